The number of fused-ring (bicyclic) bond motifs is 1. The fraction of sp³-hybridized carbons (Fsp3) is 0.414. The molecule has 0 spiro atoms. The molecule has 2 fully saturated rings. The maximum absolute atomic E-state index is 13.2. The molecule has 0 aliphatic carbocycles. The molecule has 12 nitrogen and oxygen atoms in total. The highest BCUT2D eigenvalue weighted by atomic mass is 32.2. The van der Waals surface area contributed by atoms with Gasteiger partial charge in [-0.15, -0.1) is 0 Å². The average Bonchev–Trinajstić information content (AvgIpc) is 3.40. The van der Waals surface area contributed by atoms with Crippen LogP contribution in [0.4, 0.5) is 0 Å². The Morgan fingerprint density at radius 1 is 1.19 bits per heavy atom. The summed E-state index contributed by atoms with van der Waals surface area (Å²) in [5.41, 5.74) is 2.00. The van der Waals surface area contributed by atoms with E-state index in [1.165, 1.54) is 4.31 Å². The van der Waals surface area contributed by atoms with Crippen LogP contribution in [0.1, 0.15) is 41.7 Å². The zero-order valence-corrected chi connectivity index (χ0v) is 24.3. The number of hydroxylamine groups is 1. The van der Waals surface area contributed by atoms with Crippen LogP contribution in [0.25, 0.3) is 10.9 Å². The predicted molar refractivity (Wildman–Crippen MR) is 155 cm³/mol. The van der Waals surface area contributed by atoms with E-state index in [0.717, 1.165) is 22.7 Å². The van der Waals surface area contributed by atoms with Gasteiger partial charge in [0.2, 0.25) is 15.9 Å². The van der Waals surface area contributed by atoms with Gasteiger partial charge in [-0.1, -0.05) is 18.2 Å². The van der Waals surface area contributed by atoms with Crippen molar-refractivity contribution in [2.75, 3.05) is 39.1 Å². The van der Waals surface area contributed by atoms with Gasteiger partial charge >= 0.3 is 0 Å². The minimum Gasteiger partial charge on any atom is -0.491 e. The van der Waals surface area contributed by atoms with Crippen LogP contribution >= 0.6 is 0 Å². The van der Waals surface area contributed by atoms with Crippen molar-refractivity contribution in [3.05, 3.63) is 71.9 Å². The largest absolute Gasteiger partial charge is 0.491 e. The molecule has 2 aromatic carbocycles. The first-order valence-electron chi connectivity index (χ1n) is 13.7. The molecule has 2 aliphatic rings. The molecule has 3 heterocycles. The molecular weight excluding hydrogens is 562 g/mol. The van der Waals surface area contributed by atoms with Crippen LogP contribution in [-0.4, -0.2) is 85.0 Å². The molecule has 3 atom stereocenters. The van der Waals surface area contributed by atoms with Crippen LogP contribution in [0.3, 0.4) is 0 Å². The third-order valence-electron chi connectivity index (χ3n) is 7.92. The number of rotatable bonds is 9. The first-order chi connectivity index (χ1) is 20.0. The number of benzene rings is 2. The Morgan fingerprint density at radius 2 is 1.95 bits per heavy atom. The van der Waals surface area contributed by atoms with Crippen molar-refractivity contribution in [3.63, 3.8) is 0 Å². The molecule has 2 amide bonds. The normalized spacial score (nSPS) is 24.8. The third-order valence-corrected chi connectivity index (χ3v) is 9.17. The molecule has 0 bridgehead atoms. The minimum atomic E-state index is -3.52. The van der Waals surface area contributed by atoms with E-state index >= 15 is 0 Å². The van der Waals surface area contributed by atoms with Crippen molar-refractivity contribution in [3.8, 4) is 5.75 Å². The Hall–Kier alpha value is -3.62. The summed E-state index contributed by atoms with van der Waals surface area (Å²) in [4.78, 5) is 29.6. The van der Waals surface area contributed by atoms with Gasteiger partial charge < -0.3 is 20.1 Å². The van der Waals surface area contributed by atoms with E-state index in [1.54, 1.807) is 35.9 Å². The van der Waals surface area contributed by atoms with Crippen LogP contribution in [0.15, 0.2) is 60.8 Å². The van der Waals surface area contributed by atoms with Crippen molar-refractivity contribution in [2.45, 2.75) is 36.9 Å². The highest BCUT2D eigenvalue weighted by Crippen LogP contribution is 2.36. The number of nitrogens with one attached hydrogen (secondary N) is 3. The fourth-order valence-electron chi connectivity index (χ4n) is 5.72. The number of sulfonamides is 1. The highest BCUT2D eigenvalue weighted by Gasteiger charge is 2.44. The van der Waals surface area contributed by atoms with Crippen molar-refractivity contribution in [1.29, 1.82) is 0 Å². The number of hydrogen-bond acceptors (Lipinski definition) is 9. The molecule has 1 aromatic heterocycles. The zero-order chi connectivity index (χ0) is 30.0. The topological polar surface area (TPSA) is 159 Å². The lowest BCUT2D eigenvalue weighted by Gasteiger charge is -2.42. The van der Waals surface area contributed by atoms with Gasteiger partial charge in [0, 0.05) is 36.8 Å². The quantitative estimate of drug-likeness (QED) is 0.213. The Bertz CT molecular complexity index is 1560. The zero-order valence-electron chi connectivity index (χ0n) is 23.5. The summed E-state index contributed by atoms with van der Waals surface area (Å²) in [6.07, 6.45) is 2.82. The first kappa shape index (κ1) is 29.9. The number of nitrogens with zero attached hydrogens (tertiary/aromatic N) is 2. The number of ether oxygens (including phenoxy) is 2. The number of aromatic nitrogens is 1. The lowest BCUT2D eigenvalue weighted by Crippen LogP contribution is -2.53. The molecule has 0 radical (unpaired) electrons. The molecule has 0 saturated carbocycles. The van der Waals surface area contributed by atoms with Crippen LogP contribution in [0.2, 0.25) is 0 Å². The average molecular weight is 598 g/mol. The van der Waals surface area contributed by atoms with E-state index in [0.29, 0.717) is 24.5 Å². The number of carbonyl (C=O) groups is 2. The van der Waals surface area contributed by atoms with Gasteiger partial charge in [0.25, 0.3) is 5.91 Å². The second-order valence-corrected chi connectivity index (χ2v) is 13.1. The Morgan fingerprint density at radius 3 is 2.67 bits per heavy atom. The molecule has 3 aromatic rings. The maximum Gasteiger partial charge on any atom is 0.251 e. The van der Waals surface area contributed by atoms with Crippen molar-refractivity contribution in [1.82, 2.24) is 25.4 Å². The Labute approximate surface area is 244 Å². The lowest BCUT2D eigenvalue weighted by molar-refractivity contribution is -0.130. The van der Waals surface area contributed by atoms with Crippen LogP contribution in [0, 0.1) is 0 Å². The van der Waals surface area contributed by atoms with Crippen molar-refractivity contribution < 1.29 is 32.7 Å². The number of amides is 2. The summed E-state index contributed by atoms with van der Waals surface area (Å²) in [5.74, 6) is -0.654. The standard InChI is InChI=1S/C29H35N5O7S/c1-28(26(31-14-16-41-28)23-11-13-30-24-6-4-3-5-22(23)24)19-40-21-9-7-20(8-10-21)27(36)32-29(17-25(35)33-37)12-15-34(18-29)42(2,38)39/h3-11,13,26,31,37H,12,14-19H2,1-2H3,(H,32,36)(H,33,35). The van der Waals surface area contributed by atoms with Gasteiger partial charge in [-0.2, -0.15) is 4.31 Å². The molecule has 5 rings (SSSR count). The number of hydrogen-bond donors (Lipinski definition) is 4. The van der Waals surface area contributed by atoms with Gasteiger partial charge in [0.1, 0.15) is 18.0 Å². The van der Waals surface area contributed by atoms with Crippen LogP contribution < -0.4 is 20.9 Å². The van der Waals surface area contributed by atoms with Gasteiger partial charge in [-0.25, -0.2) is 13.9 Å². The lowest BCUT2D eigenvalue weighted by atomic mass is 9.87. The number of carbonyl (C=O) groups excluding carboxylic acids is 2. The van der Waals surface area contributed by atoms with Crippen LogP contribution in [-0.2, 0) is 19.6 Å². The van der Waals surface area contributed by atoms with Gasteiger partial charge in [0.15, 0.2) is 0 Å². The SMILES string of the molecule is CC1(COc2ccc(C(=O)NC3(CC(=O)NO)CCN(S(C)(=O)=O)C3)cc2)OCCNC1c1ccnc2ccccc12. The van der Waals surface area contributed by atoms with Crippen molar-refractivity contribution >= 4 is 32.7 Å². The molecule has 42 heavy (non-hydrogen) atoms. The summed E-state index contributed by atoms with van der Waals surface area (Å²) >= 11 is 0. The second kappa shape index (κ2) is 11.9. The van der Waals surface area contributed by atoms with E-state index in [-0.39, 0.29) is 38.6 Å². The summed E-state index contributed by atoms with van der Waals surface area (Å²) in [6.45, 7) is 3.55. The van der Waals surface area contributed by atoms with E-state index in [4.69, 9.17) is 14.7 Å². The van der Waals surface area contributed by atoms with Gasteiger partial charge in [-0.3, -0.25) is 19.8 Å². The van der Waals surface area contributed by atoms with E-state index in [9.17, 15) is 18.0 Å². The number of pyridine rings is 1. The molecule has 4 N–H and O–H groups in total. The van der Waals surface area contributed by atoms with E-state index in [2.05, 4.69) is 15.6 Å². The summed E-state index contributed by atoms with van der Waals surface area (Å²) in [7, 11) is -3.52. The second-order valence-electron chi connectivity index (χ2n) is 11.1. The number of para-hydroxylation sites is 1. The summed E-state index contributed by atoms with van der Waals surface area (Å²) in [5, 5.41) is 16.5. The van der Waals surface area contributed by atoms with E-state index < -0.39 is 33.0 Å². The predicted octanol–water partition coefficient (Wildman–Crippen LogP) is 1.76. The van der Waals surface area contributed by atoms with E-state index in [1.807, 2.05) is 37.3 Å². The molecule has 13 heteroatoms. The molecule has 2 aliphatic heterocycles. The minimum absolute atomic E-state index is 0.0767. The molecular formula is C29H35N5O7S. The fourth-order valence-corrected chi connectivity index (χ4v) is 6.62. The third kappa shape index (κ3) is 6.40. The molecule has 3 unspecified atom stereocenters. The van der Waals surface area contributed by atoms with Gasteiger partial charge in [-0.05, 0) is 55.3 Å². The summed E-state index contributed by atoms with van der Waals surface area (Å²) < 4.78 is 37.7. The smallest absolute Gasteiger partial charge is 0.251 e. The van der Waals surface area contributed by atoms with Gasteiger partial charge in [0.05, 0.1) is 36.4 Å². The maximum atomic E-state index is 13.2. The highest BCUT2D eigenvalue weighted by molar-refractivity contribution is 7.88. The Kier molecular flexibility index (Phi) is 8.49. The van der Waals surface area contributed by atoms with Crippen molar-refractivity contribution in [2.24, 2.45) is 0 Å². The summed E-state index contributed by atoms with van der Waals surface area (Å²) in [6, 6.07) is 16.4. The monoisotopic (exact) mass is 597 g/mol. The molecule has 224 valence electrons. The Balaban J connectivity index is 1.27. The number of morpholine rings is 1. The first-order valence-corrected chi connectivity index (χ1v) is 15.5. The van der Waals surface area contributed by atoms with Crippen LogP contribution in [0.5, 0.6) is 5.75 Å². The molecule has 2 saturated heterocycles.